The number of halogens is 1. The maximum atomic E-state index is 13.0. The van der Waals surface area contributed by atoms with Gasteiger partial charge in [-0.05, 0) is 37.1 Å². The summed E-state index contributed by atoms with van der Waals surface area (Å²) in [5.41, 5.74) is 2.06. The van der Waals surface area contributed by atoms with Crippen molar-refractivity contribution in [2.24, 2.45) is 0 Å². The number of carbonyl (C=O) groups is 1. The topological polar surface area (TPSA) is 60.2 Å². The van der Waals surface area contributed by atoms with Crippen LogP contribution in [0.4, 0.5) is 5.13 Å². The number of ether oxygens (including phenoxy) is 1. The third-order valence-electron chi connectivity index (χ3n) is 4.60. The Hall–Kier alpha value is -2.90. The van der Waals surface area contributed by atoms with Crippen molar-refractivity contribution in [3.63, 3.8) is 0 Å². The summed E-state index contributed by atoms with van der Waals surface area (Å²) in [5, 5.41) is 0.710. The third kappa shape index (κ3) is 5.17. The van der Waals surface area contributed by atoms with Crippen LogP contribution in [0.25, 0.3) is 10.2 Å². The number of hydrogen-bond acceptors (Lipinski definition) is 5. The number of nitrogens with zero attached hydrogens (tertiary/aromatic N) is 4. The lowest BCUT2D eigenvalue weighted by Crippen LogP contribution is -2.36. The molecule has 0 spiro atoms. The molecule has 30 heavy (non-hydrogen) atoms. The molecule has 0 N–H and O–H groups in total. The molecule has 0 aliphatic carbocycles. The van der Waals surface area contributed by atoms with Gasteiger partial charge in [-0.3, -0.25) is 9.69 Å². The highest BCUT2D eigenvalue weighted by Crippen LogP contribution is 2.31. The van der Waals surface area contributed by atoms with E-state index < -0.39 is 0 Å². The Bertz CT molecular complexity index is 1080. The van der Waals surface area contributed by atoms with Gasteiger partial charge in [0, 0.05) is 25.5 Å². The first kappa shape index (κ1) is 21.8. The third-order valence-corrected chi connectivity index (χ3v) is 5.65. The highest BCUT2D eigenvalue weighted by atomic mass is 35.5. The average molecular weight is 443 g/mol. The van der Waals surface area contributed by atoms with Crippen molar-refractivity contribution in [3.05, 3.63) is 72.8 Å². The van der Waals surface area contributed by atoms with Crippen molar-refractivity contribution >= 4 is 45.0 Å². The molecule has 0 bridgehead atoms. The van der Waals surface area contributed by atoms with Gasteiger partial charge in [-0.15, -0.1) is 12.4 Å². The van der Waals surface area contributed by atoms with Crippen LogP contribution in [0.15, 0.2) is 67.3 Å². The fourth-order valence-electron chi connectivity index (χ4n) is 3.09. The van der Waals surface area contributed by atoms with Crippen LogP contribution in [0.1, 0.15) is 12.0 Å². The maximum absolute atomic E-state index is 13.0. The Morgan fingerprint density at radius 2 is 2.00 bits per heavy atom. The van der Waals surface area contributed by atoms with Crippen molar-refractivity contribution in [2.45, 2.75) is 19.9 Å². The lowest BCUT2D eigenvalue weighted by molar-refractivity contribution is -0.120. The van der Waals surface area contributed by atoms with Crippen LogP contribution in [0.3, 0.4) is 0 Å². The van der Waals surface area contributed by atoms with Crippen LogP contribution >= 0.6 is 23.7 Å². The molecule has 2 aromatic heterocycles. The van der Waals surface area contributed by atoms with E-state index in [-0.39, 0.29) is 24.9 Å². The minimum Gasteiger partial charge on any atom is -0.484 e. The number of rotatable bonds is 8. The van der Waals surface area contributed by atoms with Crippen molar-refractivity contribution < 1.29 is 9.53 Å². The molecule has 4 aromatic rings. The van der Waals surface area contributed by atoms with E-state index >= 15 is 0 Å². The molecule has 2 heterocycles. The zero-order chi connectivity index (χ0) is 20.1. The van der Waals surface area contributed by atoms with Crippen LogP contribution in [0, 0.1) is 6.92 Å². The van der Waals surface area contributed by atoms with E-state index in [0.29, 0.717) is 17.4 Å². The maximum Gasteiger partial charge on any atom is 0.266 e. The molecule has 0 saturated carbocycles. The number of para-hydroxylation sites is 2. The molecule has 2 aromatic carbocycles. The molecule has 0 radical (unpaired) electrons. The lowest BCUT2D eigenvalue weighted by atomic mass is 10.2. The Morgan fingerprint density at radius 1 is 1.17 bits per heavy atom. The number of benzene rings is 2. The van der Waals surface area contributed by atoms with E-state index in [1.54, 1.807) is 17.4 Å². The van der Waals surface area contributed by atoms with Crippen molar-refractivity contribution in [1.29, 1.82) is 0 Å². The van der Waals surface area contributed by atoms with Crippen molar-refractivity contribution in [1.82, 2.24) is 14.5 Å². The average Bonchev–Trinajstić information content (AvgIpc) is 3.41. The minimum absolute atomic E-state index is 0. The first-order valence-electron chi connectivity index (χ1n) is 9.51. The van der Waals surface area contributed by atoms with E-state index in [9.17, 15) is 4.79 Å². The van der Waals surface area contributed by atoms with Crippen LogP contribution in [-0.4, -0.2) is 33.6 Å². The van der Waals surface area contributed by atoms with E-state index in [1.165, 1.54) is 11.3 Å². The fourth-order valence-corrected chi connectivity index (χ4v) is 4.17. The van der Waals surface area contributed by atoms with Crippen LogP contribution in [0.2, 0.25) is 0 Å². The summed E-state index contributed by atoms with van der Waals surface area (Å²) in [6.07, 6.45) is 6.26. The molecule has 0 unspecified atom stereocenters. The second kappa shape index (κ2) is 10.2. The van der Waals surface area contributed by atoms with Gasteiger partial charge in [0.2, 0.25) is 0 Å². The number of imidazole rings is 1. The van der Waals surface area contributed by atoms with Crippen LogP contribution in [0.5, 0.6) is 5.75 Å². The molecule has 156 valence electrons. The quantitative estimate of drug-likeness (QED) is 0.396. The van der Waals surface area contributed by atoms with Crippen LogP contribution < -0.4 is 9.64 Å². The highest BCUT2D eigenvalue weighted by molar-refractivity contribution is 7.22. The Morgan fingerprint density at radius 3 is 2.73 bits per heavy atom. The predicted octanol–water partition coefficient (Wildman–Crippen LogP) is 4.73. The number of anilines is 1. The standard InChI is InChI=1S/C22H22N4O2S.ClH/c1-17-7-5-10-19-21(17)24-22(29-19)26(13-6-12-25-14-11-23-16-25)20(27)15-28-18-8-3-2-4-9-18;/h2-5,7-11,14,16H,6,12-13,15H2,1H3;1H. The molecule has 4 rings (SSSR count). The fraction of sp³-hybridized carbons (Fsp3) is 0.227. The van der Waals surface area contributed by atoms with E-state index in [4.69, 9.17) is 9.72 Å². The number of thiazole rings is 1. The Balaban J connectivity index is 0.00000256. The molecule has 0 saturated heterocycles. The normalized spacial score (nSPS) is 10.6. The summed E-state index contributed by atoms with van der Waals surface area (Å²) in [7, 11) is 0. The second-order valence-corrected chi connectivity index (χ2v) is 7.73. The molecule has 0 aliphatic heterocycles. The monoisotopic (exact) mass is 442 g/mol. The predicted molar refractivity (Wildman–Crippen MR) is 123 cm³/mol. The highest BCUT2D eigenvalue weighted by Gasteiger charge is 2.20. The summed E-state index contributed by atoms with van der Waals surface area (Å²) in [6.45, 7) is 3.36. The first-order valence-corrected chi connectivity index (χ1v) is 10.3. The summed E-state index contributed by atoms with van der Waals surface area (Å²) in [6, 6.07) is 15.5. The van der Waals surface area contributed by atoms with Gasteiger partial charge in [-0.2, -0.15) is 0 Å². The smallest absolute Gasteiger partial charge is 0.266 e. The Labute approximate surface area is 185 Å². The second-order valence-electron chi connectivity index (χ2n) is 6.72. The SMILES string of the molecule is Cc1cccc2sc(N(CCCn3ccnc3)C(=O)COc3ccccc3)nc12.Cl. The number of carbonyl (C=O) groups excluding carboxylic acids is 1. The van der Waals surface area contributed by atoms with E-state index in [0.717, 1.165) is 28.7 Å². The number of amides is 1. The number of fused-ring (bicyclic) bond motifs is 1. The zero-order valence-corrected chi connectivity index (χ0v) is 18.2. The van der Waals surface area contributed by atoms with Gasteiger partial charge >= 0.3 is 0 Å². The molecule has 0 fully saturated rings. The summed E-state index contributed by atoms with van der Waals surface area (Å²) in [4.78, 5) is 23.6. The lowest BCUT2D eigenvalue weighted by Gasteiger charge is -2.20. The van der Waals surface area contributed by atoms with Gasteiger partial charge in [0.05, 0.1) is 16.5 Å². The molecule has 6 nitrogen and oxygen atoms in total. The molecule has 1 amide bonds. The number of aryl methyl sites for hydroxylation is 2. The number of hydrogen-bond donors (Lipinski definition) is 0. The molecular weight excluding hydrogens is 420 g/mol. The van der Waals surface area contributed by atoms with Gasteiger partial charge in [-0.1, -0.05) is 41.7 Å². The molecule has 0 aliphatic rings. The van der Waals surface area contributed by atoms with Gasteiger partial charge in [0.25, 0.3) is 5.91 Å². The van der Waals surface area contributed by atoms with Gasteiger partial charge in [-0.25, -0.2) is 9.97 Å². The summed E-state index contributed by atoms with van der Waals surface area (Å²) < 4.78 is 8.78. The number of aromatic nitrogens is 3. The summed E-state index contributed by atoms with van der Waals surface area (Å²) in [5.74, 6) is 0.579. The van der Waals surface area contributed by atoms with Gasteiger partial charge in [0.1, 0.15) is 5.75 Å². The van der Waals surface area contributed by atoms with E-state index in [1.807, 2.05) is 66.2 Å². The summed E-state index contributed by atoms with van der Waals surface area (Å²) >= 11 is 1.54. The minimum atomic E-state index is -0.101. The first-order chi connectivity index (χ1) is 14.2. The van der Waals surface area contributed by atoms with Crippen molar-refractivity contribution in [3.8, 4) is 5.75 Å². The molecular formula is C22H23ClN4O2S. The largest absolute Gasteiger partial charge is 0.484 e. The van der Waals surface area contributed by atoms with Gasteiger partial charge in [0.15, 0.2) is 11.7 Å². The van der Waals surface area contributed by atoms with Crippen molar-refractivity contribution in [2.75, 3.05) is 18.1 Å². The molecule has 0 atom stereocenters. The van der Waals surface area contributed by atoms with Gasteiger partial charge < -0.3 is 9.30 Å². The van der Waals surface area contributed by atoms with E-state index in [2.05, 4.69) is 4.98 Å². The van der Waals surface area contributed by atoms with Crippen LogP contribution in [-0.2, 0) is 11.3 Å². The molecule has 8 heteroatoms. The zero-order valence-electron chi connectivity index (χ0n) is 16.6. The Kier molecular flexibility index (Phi) is 7.43.